The molecule has 1 heterocycles. The predicted octanol–water partition coefficient (Wildman–Crippen LogP) is 3.55. The summed E-state index contributed by atoms with van der Waals surface area (Å²) < 4.78 is 6.32. The number of nitrogens with two attached hydrogens (primary N) is 1. The van der Waals surface area contributed by atoms with Gasteiger partial charge in [-0.05, 0) is 48.2 Å². The number of halogens is 1. The van der Waals surface area contributed by atoms with Crippen LogP contribution in [0, 0.1) is 0 Å². The van der Waals surface area contributed by atoms with Crippen molar-refractivity contribution in [3.8, 4) is 11.5 Å². The van der Waals surface area contributed by atoms with Crippen molar-refractivity contribution in [1.82, 2.24) is 5.32 Å². The Kier molecular flexibility index (Phi) is 9.58. The highest BCUT2D eigenvalue weighted by Crippen LogP contribution is 2.26. The van der Waals surface area contributed by atoms with Crippen LogP contribution >= 0.6 is 36.4 Å². The Morgan fingerprint density at radius 2 is 1.66 bits per heavy atom. The normalized spacial score (nSPS) is 16.2. The Morgan fingerprint density at radius 1 is 1.14 bits per heavy atom. The standard InChI is InChI=1S/C19H18N2O4S2.CH4.ClH/c20-15(18(23)24)9-11-1-5-13(6-2-11)25-14-7-3-12(4-8-14)10-16-17(22)21-19(26)27-16;;/h1-8,15-16H,9-10,20H2,(H,23,24)(H,21,22,26);1H4;1H. The number of nitrogens with one attached hydrogen (secondary N) is 1. The molecule has 2 aromatic carbocycles. The molecule has 1 aliphatic heterocycles. The first-order chi connectivity index (χ1) is 12.9. The van der Waals surface area contributed by atoms with Crippen molar-refractivity contribution in [2.24, 2.45) is 5.73 Å². The molecule has 2 aromatic rings. The number of rotatable bonds is 7. The number of aliphatic carboxylic acids is 1. The Hall–Kier alpha value is -2.13. The molecule has 0 radical (unpaired) electrons. The third kappa shape index (κ3) is 7.01. The molecule has 1 aliphatic rings. The molecule has 0 bridgehead atoms. The summed E-state index contributed by atoms with van der Waals surface area (Å²) in [6.07, 6.45) is 0.871. The first-order valence-electron chi connectivity index (χ1n) is 8.26. The number of carbonyl (C=O) groups is 2. The summed E-state index contributed by atoms with van der Waals surface area (Å²) in [5.41, 5.74) is 7.39. The van der Waals surface area contributed by atoms with Gasteiger partial charge >= 0.3 is 5.97 Å². The zero-order valence-electron chi connectivity index (χ0n) is 14.7. The maximum atomic E-state index is 11.7. The Balaban J connectivity index is 0.00000210. The molecule has 2 unspecified atom stereocenters. The maximum absolute atomic E-state index is 11.7. The molecule has 0 saturated carbocycles. The molecule has 0 aromatic heterocycles. The molecule has 2 atom stereocenters. The number of carboxylic acid groups (broad SMARTS) is 1. The molecular formula is C20H23ClN2O4S2. The third-order valence-electron chi connectivity index (χ3n) is 4.04. The molecule has 4 N–H and O–H groups in total. The van der Waals surface area contributed by atoms with Crippen molar-refractivity contribution in [3.05, 3.63) is 59.7 Å². The predicted molar refractivity (Wildman–Crippen MR) is 122 cm³/mol. The lowest BCUT2D eigenvalue weighted by Gasteiger charge is -2.10. The topological polar surface area (TPSA) is 102 Å². The Labute approximate surface area is 185 Å². The zero-order valence-corrected chi connectivity index (χ0v) is 17.1. The number of hydrogen-bond acceptors (Lipinski definition) is 6. The highest BCUT2D eigenvalue weighted by atomic mass is 35.5. The van der Waals surface area contributed by atoms with E-state index in [-0.39, 0.29) is 37.4 Å². The molecule has 0 aliphatic carbocycles. The van der Waals surface area contributed by atoms with Crippen LogP contribution in [0.25, 0.3) is 0 Å². The van der Waals surface area contributed by atoms with Crippen molar-refractivity contribution in [1.29, 1.82) is 0 Å². The van der Waals surface area contributed by atoms with E-state index in [9.17, 15) is 9.59 Å². The maximum Gasteiger partial charge on any atom is 0.320 e. The van der Waals surface area contributed by atoms with Crippen LogP contribution in [-0.2, 0) is 22.4 Å². The van der Waals surface area contributed by atoms with E-state index in [1.54, 1.807) is 24.3 Å². The van der Waals surface area contributed by atoms with Crippen LogP contribution in [-0.4, -0.2) is 32.6 Å². The smallest absolute Gasteiger partial charge is 0.320 e. The first kappa shape index (κ1) is 24.9. The van der Waals surface area contributed by atoms with E-state index in [1.807, 2.05) is 24.3 Å². The van der Waals surface area contributed by atoms with Gasteiger partial charge in [0, 0.05) is 0 Å². The van der Waals surface area contributed by atoms with Crippen LogP contribution in [0.3, 0.4) is 0 Å². The average molecular weight is 455 g/mol. The van der Waals surface area contributed by atoms with E-state index in [0.717, 1.165) is 11.1 Å². The second kappa shape index (κ2) is 11.2. The lowest BCUT2D eigenvalue weighted by atomic mass is 10.1. The molecule has 6 nitrogen and oxygen atoms in total. The van der Waals surface area contributed by atoms with Crippen molar-refractivity contribution >= 4 is 52.6 Å². The quantitative estimate of drug-likeness (QED) is 0.550. The highest BCUT2D eigenvalue weighted by Gasteiger charge is 2.28. The van der Waals surface area contributed by atoms with Gasteiger partial charge in [-0.2, -0.15) is 0 Å². The van der Waals surface area contributed by atoms with E-state index in [1.165, 1.54) is 11.8 Å². The summed E-state index contributed by atoms with van der Waals surface area (Å²) in [5, 5.41) is 11.3. The molecule has 3 rings (SSSR count). The molecule has 29 heavy (non-hydrogen) atoms. The lowest BCUT2D eigenvalue weighted by Crippen LogP contribution is -2.32. The second-order valence-corrected chi connectivity index (χ2v) is 8.01. The summed E-state index contributed by atoms with van der Waals surface area (Å²) in [6, 6.07) is 13.8. The molecule has 1 amide bonds. The van der Waals surface area contributed by atoms with Crippen molar-refractivity contribution in [3.63, 3.8) is 0 Å². The van der Waals surface area contributed by atoms with Gasteiger partial charge in [0.05, 0.1) is 5.25 Å². The number of thiocarbonyl (C=S) groups is 1. The number of ether oxygens (including phenoxy) is 1. The van der Waals surface area contributed by atoms with E-state index in [2.05, 4.69) is 5.32 Å². The molecule has 9 heteroatoms. The summed E-state index contributed by atoms with van der Waals surface area (Å²) in [6.45, 7) is 0. The summed E-state index contributed by atoms with van der Waals surface area (Å²) in [7, 11) is 0. The lowest BCUT2D eigenvalue weighted by molar-refractivity contribution is -0.138. The SMILES string of the molecule is C.Cl.NC(Cc1ccc(Oc2ccc(CC3SC(=S)NC3=O)cc2)cc1)C(=O)O. The summed E-state index contributed by atoms with van der Waals surface area (Å²) in [5.74, 6) is 0.248. The number of amides is 1. The van der Waals surface area contributed by atoms with Gasteiger partial charge in [0.2, 0.25) is 5.91 Å². The van der Waals surface area contributed by atoms with Gasteiger partial charge in [0.1, 0.15) is 21.9 Å². The van der Waals surface area contributed by atoms with E-state index >= 15 is 0 Å². The van der Waals surface area contributed by atoms with Gasteiger partial charge in [-0.1, -0.05) is 55.7 Å². The largest absolute Gasteiger partial charge is 0.480 e. The summed E-state index contributed by atoms with van der Waals surface area (Å²) in [4.78, 5) is 22.5. The highest BCUT2D eigenvalue weighted by molar-refractivity contribution is 8.24. The van der Waals surface area contributed by atoms with Gasteiger partial charge in [-0.3, -0.25) is 9.59 Å². The number of benzene rings is 2. The van der Waals surface area contributed by atoms with Crippen molar-refractivity contribution in [2.45, 2.75) is 31.6 Å². The van der Waals surface area contributed by atoms with Crippen LogP contribution in [0.15, 0.2) is 48.5 Å². The Morgan fingerprint density at radius 3 is 2.10 bits per heavy atom. The van der Waals surface area contributed by atoms with Gasteiger partial charge in [-0.15, -0.1) is 12.4 Å². The van der Waals surface area contributed by atoms with Crippen LogP contribution in [0.4, 0.5) is 0 Å². The van der Waals surface area contributed by atoms with E-state index < -0.39 is 12.0 Å². The van der Waals surface area contributed by atoms with Gasteiger partial charge in [0.25, 0.3) is 0 Å². The van der Waals surface area contributed by atoms with Crippen molar-refractivity contribution in [2.75, 3.05) is 0 Å². The molecule has 1 saturated heterocycles. The van der Waals surface area contributed by atoms with Crippen LogP contribution < -0.4 is 15.8 Å². The fourth-order valence-electron chi connectivity index (χ4n) is 2.61. The zero-order chi connectivity index (χ0) is 19.4. The molecule has 1 fully saturated rings. The van der Waals surface area contributed by atoms with E-state index in [0.29, 0.717) is 22.2 Å². The second-order valence-electron chi connectivity index (χ2n) is 6.13. The monoisotopic (exact) mass is 454 g/mol. The minimum atomic E-state index is -1.02. The summed E-state index contributed by atoms with van der Waals surface area (Å²) >= 11 is 6.38. The fraction of sp³-hybridized carbons (Fsp3) is 0.250. The van der Waals surface area contributed by atoms with Crippen LogP contribution in [0.1, 0.15) is 18.6 Å². The van der Waals surface area contributed by atoms with Crippen molar-refractivity contribution < 1.29 is 19.4 Å². The minimum Gasteiger partial charge on any atom is -0.480 e. The van der Waals surface area contributed by atoms with Gasteiger partial charge < -0.3 is 20.9 Å². The molecule has 156 valence electrons. The van der Waals surface area contributed by atoms with E-state index in [4.69, 9.17) is 27.8 Å². The first-order valence-corrected chi connectivity index (χ1v) is 9.55. The van der Waals surface area contributed by atoms with Crippen LogP contribution in [0.2, 0.25) is 0 Å². The fourth-order valence-corrected chi connectivity index (χ4v) is 3.91. The van der Waals surface area contributed by atoms with Crippen LogP contribution in [0.5, 0.6) is 11.5 Å². The molecular weight excluding hydrogens is 432 g/mol. The third-order valence-corrected chi connectivity index (χ3v) is 5.42. The molecule has 0 spiro atoms. The number of carbonyl (C=O) groups excluding carboxylic acids is 1. The minimum absolute atomic E-state index is 0. The Bertz CT molecular complexity index is 860. The average Bonchev–Trinajstić information content (AvgIpc) is 2.95. The van der Waals surface area contributed by atoms with Gasteiger partial charge in [0.15, 0.2) is 0 Å². The number of thioether (sulfide) groups is 1. The van der Waals surface area contributed by atoms with Gasteiger partial charge in [-0.25, -0.2) is 0 Å². The number of hydrogen-bond donors (Lipinski definition) is 3. The number of carboxylic acids is 1.